The van der Waals surface area contributed by atoms with Crippen LogP contribution in [-0.4, -0.2) is 20.2 Å². The van der Waals surface area contributed by atoms with Gasteiger partial charge in [0.1, 0.15) is 4.90 Å². The molecular formula is C21H16ClNO5S. The van der Waals surface area contributed by atoms with Crippen molar-refractivity contribution in [1.82, 2.24) is 0 Å². The number of rotatable bonds is 4. The molecule has 29 heavy (non-hydrogen) atoms. The Kier molecular flexibility index (Phi) is 4.08. The number of para-hydroxylation sites is 2. The summed E-state index contributed by atoms with van der Waals surface area (Å²) in [4.78, 5) is 27.1. The SMILES string of the molecule is O=C1[C@@H]2[C@H](C(=O)N1c1ccccc1OS(=O)(=O)c1ccc(Cl)cc1)[C@@H]1C=C[C@H]2C1. The standard InChI is InChI=1S/C21H16ClNO5S/c22-14-7-9-15(10-8-14)29(26,27)28-17-4-2-1-3-16(17)23-20(24)18-12-5-6-13(11-12)19(18)21(23)25/h1-10,12-13,18-19H,11H2/t12-,13+,18-,19+. The lowest BCUT2D eigenvalue weighted by Gasteiger charge is -2.20. The minimum absolute atomic E-state index is 0.0653. The molecule has 3 aliphatic rings. The summed E-state index contributed by atoms with van der Waals surface area (Å²) in [6, 6.07) is 11.7. The van der Waals surface area contributed by atoms with Gasteiger partial charge >= 0.3 is 10.1 Å². The quantitative estimate of drug-likeness (QED) is 0.422. The van der Waals surface area contributed by atoms with Crippen molar-refractivity contribution in [3.63, 3.8) is 0 Å². The lowest BCUT2D eigenvalue weighted by Crippen LogP contribution is -2.33. The molecule has 1 aliphatic heterocycles. The molecular weight excluding hydrogens is 414 g/mol. The Hall–Kier alpha value is -2.64. The highest BCUT2D eigenvalue weighted by Crippen LogP contribution is 2.54. The Bertz CT molecular complexity index is 1130. The predicted molar refractivity (Wildman–Crippen MR) is 106 cm³/mol. The summed E-state index contributed by atoms with van der Waals surface area (Å²) in [7, 11) is -4.17. The van der Waals surface area contributed by atoms with Gasteiger partial charge in [-0.15, -0.1) is 0 Å². The van der Waals surface area contributed by atoms with Gasteiger partial charge in [-0.3, -0.25) is 9.59 Å². The maximum atomic E-state index is 13.1. The molecule has 0 radical (unpaired) electrons. The van der Waals surface area contributed by atoms with Gasteiger partial charge in [0.2, 0.25) is 11.8 Å². The molecule has 8 heteroatoms. The van der Waals surface area contributed by atoms with Crippen LogP contribution in [0.25, 0.3) is 0 Å². The maximum Gasteiger partial charge on any atom is 0.339 e. The van der Waals surface area contributed by atoms with E-state index in [4.69, 9.17) is 15.8 Å². The van der Waals surface area contributed by atoms with Crippen molar-refractivity contribution < 1.29 is 22.2 Å². The van der Waals surface area contributed by atoms with Gasteiger partial charge in [-0.25, -0.2) is 4.90 Å². The van der Waals surface area contributed by atoms with Gasteiger partial charge in [0, 0.05) is 5.02 Å². The average Bonchev–Trinajstić information content (AvgIpc) is 3.37. The summed E-state index contributed by atoms with van der Waals surface area (Å²) >= 11 is 5.82. The van der Waals surface area contributed by atoms with Crippen molar-refractivity contribution in [2.75, 3.05) is 4.90 Å². The van der Waals surface area contributed by atoms with Gasteiger partial charge in [0.05, 0.1) is 17.5 Å². The minimum Gasteiger partial charge on any atom is -0.377 e. The molecule has 0 aromatic heterocycles. The van der Waals surface area contributed by atoms with Crippen LogP contribution >= 0.6 is 11.6 Å². The van der Waals surface area contributed by atoms with E-state index in [2.05, 4.69) is 0 Å². The second-order valence-corrected chi connectivity index (χ2v) is 9.45. The third-order valence-electron chi connectivity index (χ3n) is 5.88. The molecule has 2 amide bonds. The first kappa shape index (κ1) is 18.4. The van der Waals surface area contributed by atoms with Gasteiger partial charge in [-0.1, -0.05) is 35.9 Å². The Labute approximate surface area is 172 Å². The van der Waals surface area contributed by atoms with E-state index < -0.39 is 10.1 Å². The molecule has 5 rings (SSSR count). The molecule has 148 valence electrons. The highest BCUT2D eigenvalue weighted by molar-refractivity contribution is 7.87. The topological polar surface area (TPSA) is 80.8 Å². The van der Waals surface area contributed by atoms with Crippen LogP contribution in [0.3, 0.4) is 0 Å². The van der Waals surface area contributed by atoms with Crippen molar-refractivity contribution in [2.45, 2.75) is 11.3 Å². The van der Waals surface area contributed by atoms with Crippen LogP contribution in [0, 0.1) is 23.7 Å². The lowest BCUT2D eigenvalue weighted by atomic mass is 9.85. The molecule has 0 unspecified atom stereocenters. The van der Waals surface area contributed by atoms with Crippen LogP contribution in [0.2, 0.25) is 5.02 Å². The molecule has 1 heterocycles. The molecule has 0 spiro atoms. The van der Waals surface area contributed by atoms with Crippen molar-refractivity contribution in [2.24, 2.45) is 23.7 Å². The fourth-order valence-corrected chi connectivity index (χ4v) is 5.69. The fraction of sp³-hybridized carbons (Fsp3) is 0.238. The maximum absolute atomic E-state index is 13.1. The first-order valence-corrected chi connectivity index (χ1v) is 11.0. The molecule has 2 bridgehead atoms. The number of imide groups is 1. The van der Waals surface area contributed by atoms with Crippen molar-refractivity contribution in [3.8, 4) is 5.75 Å². The van der Waals surface area contributed by atoms with Crippen molar-refractivity contribution >= 4 is 39.2 Å². The third kappa shape index (κ3) is 2.80. The molecule has 6 nitrogen and oxygen atoms in total. The molecule has 2 aliphatic carbocycles. The normalized spacial score (nSPS) is 27.6. The molecule has 4 atom stereocenters. The van der Waals surface area contributed by atoms with Crippen LogP contribution in [-0.2, 0) is 19.7 Å². The number of nitrogens with zero attached hydrogens (tertiary/aromatic N) is 1. The first-order chi connectivity index (χ1) is 13.9. The zero-order valence-corrected chi connectivity index (χ0v) is 16.6. The second-order valence-electron chi connectivity index (χ2n) is 7.47. The Morgan fingerprint density at radius 1 is 0.897 bits per heavy atom. The van der Waals surface area contributed by atoms with E-state index in [0.717, 1.165) is 11.3 Å². The Balaban J connectivity index is 1.50. The van der Waals surface area contributed by atoms with Gasteiger partial charge < -0.3 is 4.18 Å². The third-order valence-corrected chi connectivity index (χ3v) is 7.38. The van der Waals surface area contributed by atoms with E-state index in [-0.39, 0.29) is 51.8 Å². The van der Waals surface area contributed by atoms with E-state index in [1.165, 1.54) is 36.4 Å². The fourth-order valence-electron chi connectivity index (χ4n) is 4.62. The molecule has 2 fully saturated rings. The van der Waals surface area contributed by atoms with Crippen LogP contribution in [0.15, 0.2) is 65.6 Å². The number of benzene rings is 2. The smallest absolute Gasteiger partial charge is 0.339 e. The number of amides is 2. The number of carbonyl (C=O) groups excluding carboxylic acids is 2. The Morgan fingerprint density at radius 3 is 2.10 bits per heavy atom. The van der Waals surface area contributed by atoms with E-state index in [1.807, 2.05) is 12.2 Å². The van der Waals surface area contributed by atoms with E-state index in [9.17, 15) is 18.0 Å². The summed E-state index contributed by atoms with van der Waals surface area (Å²) in [5, 5.41) is 0.396. The molecule has 1 saturated heterocycles. The van der Waals surface area contributed by atoms with Crippen LogP contribution in [0.1, 0.15) is 6.42 Å². The second kappa shape index (κ2) is 6.43. The predicted octanol–water partition coefficient (Wildman–Crippen LogP) is 3.42. The largest absolute Gasteiger partial charge is 0.377 e. The van der Waals surface area contributed by atoms with Crippen molar-refractivity contribution in [1.29, 1.82) is 0 Å². The van der Waals surface area contributed by atoms with Crippen LogP contribution in [0.4, 0.5) is 5.69 Å². The summed E-state index contributed by atoms with van der Waals surface area (Å²) in [5.74, 6) is -1.27. The molecule has 2 aromatic carbocycles. The summed E-state index contributed by atoms with van der Waals surface area (Å²) < 4.78 is 30.7. The molecule has 0 N–H and O–H groups in total. The molecule has 2 aromatic rings. The number of anilines is 1. The number of carbonyl (C=O) groups is 2. The number of fused-ring (bicyclic) bond motifs is 5. The van der Waals surface area contributed by atoms with Crippen LogP contribution < -0.4 is 9.08 Å². The van der Waals surface area contributed by atoms with Gasteiger partial charge in [-0.2, -0.15) is 8.42 Å². The lowest BCUT2D eigenvalue weighted by molar-refractivity contribution is -0.123. The number of hydrogen-bond donors (Lipinski definition) is 0. The minimum atomic E-state index is -4.17. The number of allylic oxidation sites excluding steroid dienone is 2. The van der Waals surface area contributed by atoms with E-state index in [0.29, 0.717) is 5.02 Å². The molecule has 1 saturated carbocycles. The number of halogens is 1. The monoisotopic (exact) mass is 429 g/mol. The van der Waals surface area contributed by atoms with E-state index >= 15 is 0 Å². The van der Waals surface area contributed by atoms with Gasteiger partial charge in [0.15, 0.2) is 5.75 Å². The van der Waals surface area contributed by atoms with Crippen molar-refractivity contribution in [3.05, 3.63) is 65.7 Å². The first-order valence-electron chi connectivity index (χ1n) is 9.22. The number of hydrogen-bond acceptors (Lipinski definition) is 5. The summed E-state index contributed by atoms with van der Waals surface area (Å²) in [6.07, 6.45) is 4.84. The van der Waals surface area contributed by atoms with Gasteiger partial charge in [-0.05, 0) is 54.7 Å². The summed E-state index contributed by atoms with van der Waals surface area (Å²) in [5.41, 5.74) is 0.147. The Morgan fingerprint density at radius 2 is 1.48 bits per heavy atom. The highest BCUT2D eigenvalue weighted by atomic mass is 35.5. The average molecular weight is 430 g/mol. The summed E-state index contributed by atoms with van der Waals surface area (Å²) in [6.45, 7) is 0. The highest BCUT2D eigenvalue weighted by Gasteiger charge is 2.60. The van der Waals surface area contributed by atoms with Crippen LogP contribution in [0.5, 0.6) is 5.75 Å². The zero-order chi connectivity index (χ0) is 20.3. The van der Waals surface area contributed by atoms with E-state index in [1.54, 1.807) is 12.1 Å². The zero-order valence-electron chi connectivity index (χ0n) is 15.1. The van der Waals surface area contributed by atoms with Gasteiger partial charge in [0.25, 0.3) is 0 Å².